The van der Waals surface area contributed by atoms with Gasteiger partial charge in [0, 0.05) is 0 Å². The number of hydrogen-bond donors (Lipinski definition) is 1. The Kier molecular flexibility index (Phi) is 12.8. The van der Waals surface area contributed by atoms with Gasteiger partial charge in [-0.05, 0) is 54.7 Å². The number of nitrogens with zero attached hydrogens (tertiary/aromatic N) is 1. The standard InChI is InChI=1S/C31H48NO10P/c1-9-10-11-12-16-39-28-20-23(21-29(31(28)38-8)42-43(33,34)40-17-15-32(2,3)4)25-14-13-24(41-25)22-18-26(35-5)30(37-7)27(19-22)36-6/h18-21,24-25H,9-17H2,1-8H3/p+1/t24-,25-/m1/s1. The second-order valence-electron chi connectivity index (χ2n) is 11.5. The molecule has 2 aromatic carbocycles. The van der Waals surface area contributed by atoms with E-state index >= 15 is 0 Å². The van der Waals surface area contributed by atoms with Gasteiger partial charge in [-0.3, -0.25) is 9.42 Å². The fourth-order valence-corrected chi connectivity index (χ4v) is 5.61. The molecule has 1 heterocycles. The van der Waals surface area contributed by atoms with Crippen LogP contribution in [0.4, 0.5) is 0 Å². The minimum absolute atomic E-state index is 0.0439. The van der Waals surface area contributed by atoms with Crippen LogP contribution in [0.15, 0.2) is 24.3 Å². The first-order valence-electron chi connectivity index (χ1n) is 14.7. The Hall–Kier alpha value is -2.69. The second kappa shape index (κ2) is 15.9. The van der Waals surface area contributed by atoms with E-state index in [1.54, 1.807) is 27.4 Å². The maximum Gasteiger partial charge on any atom is 0.527 e. The average molecular weight is 627 g/mol. The van der Waals surface area contributed by atoms with Gasteiger partial charge < -0.3 is 37.4 Å². The predicted octanol–water partition coefficient (Wildman–Crippen LogP) is 6.47. The highest BCUT2D eigenvalue weighted by molar-refractivity contribution is 7.47. The largest absolute Gasteiger partial charge is 0.527 e. The average Bonchev–Trinajstić information content (AvgIpc) is 3.45. The van der Waals surface area contributed by atoms with E-state index in [2.05, 4.69) is 6.92 Å². The minimum atomic E-state index is -4.46. The van der Waals surface area contributed by atoms with Gasteiger partial charge in [-0.25, -0.2) is 4.57 Å². The number of phosphoric ester groups is 1. The van der Waals surface area contributed by atoms with E-state index in [0.717, 1.165) is 43.2 Å². The molecule has 0 amide bonds. The number of phosphoric acid groups is 1. The minimum Gasteiger partial charge on any atom is -0.493 e. The van der Waals surface area contributed by atoms with E-state index in [1.807, 2.05) is 39.3 Å². The summed E-state index contributed by atoms with van der Waals surface area (Å²) in [5.74, 6) is 2.30. The molecule has 0 saturated carbocycles. The third-order valence-electron chi connectivity index (χ3n) is 7.18. The molecular weight excluding hydrogens is 577 g/mol. The van der Waals surface area contributed by atoms with Gasteiger partial charge in [0.05, 0.1) is 68.4 Å². The van der Waals surface area contributed by atoms with Crippen LogP contribution >= 0.6 is 7.82 Å². The number of methoxy groups -OCH3 is 4. The van der Waals surface area contributed by atoms with Crippen molar-refractivity contribution in [3.8, 4) is 34.5 Å². The lowest BCUT2D eigenvalue weighted by Gasteiger charge is -2.24. The highest BCUT2D eigenvalue weighted by atomic mass is 31.2. The topological polar surface area (TPSA) is 111 Å². The summed E-state index contributed by atoms with van der Waals surface area (Å²) in [6, 6.07) is 7.29. The molecule has 1 saturated heterocycles. The summed E-state index contributed by atoms with van der Waals surface area (Å²) in [5, 5.41) is 0. The normalized spacial score (nSPS) is 18.2. The molecule has 11 nitrogen and oxygen atoms in total. The van der Waals surface area contributed by atoms with Gasteiger partial charge in [0.15, 0.2) is 23.0 Å². The molecule has 0 radical (unpaired) electrons. The number of quaternary nitrogens is 1. The summed E-state index contributed by atoms with van der Waals surface area (Å²) in [7, 11) is 7.63. The third-order valence-corrected chi connectivity index (χ3v) is 8.12. The van der Waals surface area contributed by atoms with Crippen LogP contribution in [0, 0.1) is 0 Å². The van der Waals surface area contributed by atoms with Crippen molar-refractivity contribution in [2.45, 2.75) is 57.7 Å². The molecule has 43 heavy (non-hydrogen) atoms. The Bertz CT molecular complexity index is 1210. The van der Waals surface area contributed by atoms with Gasteiger partial charge in [-0.2, -0.15) is 0 Å². The second-order valence-corrected chi connectivity index (χ2v) is 12.9. The van der Waals surface area contributed by atoms with Crippen molar-refractivity contribution in [2.75, 3.05) is 69.3 Å². The zero-order valence-corrected chi connectivity index (χ0v) is 27.7. The van der Waals surface area contributed by atoms with Crippen molar-refractivity contribution < 1.29 is 51.4 Å². The molecule has 1 fully saturated rings. The van der Waals surface area contributed by atoms with Gasteiger partial charge >= 0.3 is 7.82 Å². The fourth-order valence-electron chi connectivity index (χ4n) is 4.87. The molecule has 1 aliphatic heterocycles. The predicted molar refractivity (Wildman–Crippen MR) is 164 cm³/mol. The lowest BCUT2D eigenvalue weighted by atomic mass is 10.0. The number of benzene rings is 2. The smallest absolute Gasteiger partial charge is 0.493 e. The first-order valence-corrected chi connectivity index (χ1v) is 16.2. The van der Waals surface area contributed by atoms with E-state index < -0.39 is 7.82 Å². The Morgan fingerprint density at radius 3 is 1.84 bits per heavy atom. The van der Waals surface area contributed by atoms with Crippen LogP contribution in [0.1, 0.15) is 68.8 Å². The van der Waals surface area contributed by atoms with Gasteiger partial charge in [-0.15, -0.1) is 0 Å². The summed E-state index contributed by atoms with van der Waals surface area (Å²) in [5.41, 5.74) is 1.63. The maximum atomic E-state index is 13.0. The molecule has 0 spiro atoms. The van der Waals surface area contributed by atoms with Crippen molar-refractivity contribution in [3.05, 3.63) is 35.4 Å². The first-order chi connectivity index (χ1) is 20.4. The summed E-state index contributed by atoms with van der Waals surface area (Å²) in [6.45, 7) is 3.19. The van der Waals surface area contributed by atoms with Gasteiger partial charge in [0.25, 0.3) is 0 Å². The van der Waals surface area contributed by atoms with Crippen LogP contribution in [0.3, 0.4) is 0 Å². The summed E-state index contributed by atoms with van der Waals surface area (Å²) in [6.07, 6.45) is 4.98. The maximum absolute atomic E-state index is 13.0. The fraction of sp³-hybridized carbons (Fsp3) is 0.613. The molecule has 242 valence electrons. The van der Waals surface area contributed by atoms with Crippen LogP contribution in [0.25, 0.3) is 0 Å². The molecule has 12 heteroatoms. The van der Waals surface area contributed by atoms with Crippen molar-refractivity contribution in [2.24, 2.45) is 0 Å². The zero-order chi connectivity index (χ0) is 31.6. The Labute approximate surface area is 256 Å². The van der Waals surface area contributed by atoms with Crippen LogP contribution in [-0.4, -0.2) is 78.7 Å². The first kappa shape index (κ1) is 34.8. The van der Waals surface area contributed by atoms with Crippen molar-refractivity contribution in [3.63, 3.8) is 0 Å². The SMILES string of the molecule is CCCCCCOc1cc([C@H]2CC[C@H](c3cc(OC)c(OC)c(OC)c3)O2)cc(OP(=O)(O)OCC[N+](C)(C)C)c1OC. The molecular formula is C31H49NO10P+. The lowest BCUT2D eigenvalue weighted by Crippen LogP contribution is -2.37. The Balaban J connectivity index is 1.90. The molecule has 2 aromatic rings. The molecule has 1 N–H and O–H groups in total. The Morgan fingerprint density at radius 2 is 1.33 bits per heavy atom. The highest BCUT2D eigenvalue weighted by Gasteiger charge is 2.33. The summed E-state index contributed by atoms with van der Waals surface area (Å²) >= 11 is 0. The highest BCUT2D eigenvalue weighted by Crippen LogP contribution is 2.52. The number of hydrogen-bond acceptors (Lipinski definition) is 9. The zero-order valence-electron chi connectivity index (χ0n) is 26.8. The van der Waals surface area contributed by atoms with Crippen molar-refractivity contribution in [1.82, 2.24) is 0 Å². The van der Waals surface area contributed by atoms with E-state index in [4.69, 9.17) is 37.5 Å². The number of unbranched alkanes of at least 4 members (excludes halogenated alkanes) is 3. The van der Waals surface area contributed by atoms with E-state index in [9.17, 15) is 9.46 Å². The van der Waals surface area contributed by atoms with Crippen molar-refractivity contribution >= 4 is 7.82 Å². The van der Waals surface area contributed by atoms with E-state index in [-0.39, 0.29) is 30.3 Å². The molecule has 0 bridgehead atoms. The molecule has 0 aromatic heterocycles. The number of ether oxygens (including phenoxy) is 6. The Morgan fingerprint density at radius 1 is 0.791 bits per heavy atom. The van der Waals surface area contributed by atoms with Crippen molar-refractivity contribution in [1.29, 1.82) is 0 Å². The molecule has 1 aliphatic rings. The quantitative estimate of drug-likeness (QED) is 0.112. The monoisotopic (exact) mass is 626 g/mol. The van der Waals surface area contributed by atoms with E-state index in [0.29, 0.717) is 47.1 Å². The van der Waals surface area contributed by atoms with Gasteiger partial charge in [-0.1, -0.05) is 26.2 Å². The van der Waals surface area contributed by atoms with Crippen LogP contribution in [0.2, 0.25) is 0 Å². The lowest BCUT2D eigenvalue weighted by molar-refractivity contribution is -0.870. The molecule has 1 unspecified atom stereocenters. The van der Waals surface area contributed by atoms with E-state index in [1.165, 1.54) is 7.11 Å². The third kappa shape index (κ3) is 9.91. The summed E-state index contributed by atoms with van der Waals surface area (Å²) in [4.78, 5) is 10.6. The van der Waals surface area contributed by atoms with Crippen LogP contribution in [0.5, 0.6) is 34.5 Å². The number of likely N-dealkylation sites (N-methyl/N-ethyl adjacent to an activating group) is 1. The van der Waals surface area contributed by atoms with Gasteiger partial charge in [0.2, 0.25) is 11.5 Å². The number of rotatable bonds is 18. The molecule has 3 atom stereocenters. The molecule has 3 rings (SSSR count). The van der Waals surface area contributed by atoms with Gasteiger partial charge in [0.1, 0.15) is 13.2 Å². The van der Waals surface area contributed by atoms with Crippen LogP contribution in [-0.2, 0) is 13.8 Å². The summed E-state index contributed by atoms with van der Waals surface area (Å²) < 4.78 is 59.2. The molecule has 0 aliphatic carbocycles. The van der Waals surface area contributed by atoms with Crippen LogP contribution < -0.4 is 28.2 Å².